The van der Waals surface area contributed by atoms with Gasteiger partial charge in [-0.05, 0) is 36.8 Å². The Kier molecular flexibility index (Phi) is 6.20. The first-order chi connectivity index (χ1) is 13.0. The summed E-state index contributed by atoms with van der Waals surface area (Å²) < 4.78 is 23.9. The number of halogens is 2. The van der Waals surface area contributed by atoms with E-state index in [-0.39, 0.29) is 17.5 Å². The average Bonchev–Trinajstić information content (AvgIpc) is 3.29. The maximum Gasteiger partial charge on any atom is 0.283 e. The van der Waals surface area contributed by atoms with E-state index in [9.17, 15) is 9.18 Å². The Morgan fingerprint density at radius 1 is 1.33 bits per heavy atom. The van der Waals surface area contributed by atoms with E-state index in [1.807, 2.05) is 6.92 Å². The minimum Gasteiger partial charge on any atom is -0.459 e. The van der Waals surface area contributed by atoms with E-state index in [1.54, 1.807) is 12.1 Å². The molecular formula is C18H19ClFN4O3+. The predicted octanol–water partition coefficient (Wildman–Crippen LogP) is 2.56. The molecule has 1 amide bonds. The van der Waals surface area contributed by atoms with Crippen LogP contribution in [0.5, 0.6) is 0 Å². The van der Waals surface area contributed by atoms with Crippen LogP contribution in [0.15, 0.2) is 45.4 Å². The molecule has 0 saturated heterocycles. The van der Waals surface area contributed by atoms with Gasteiger partial charge in [-0.25, -0.2) is 4.39 Å². The number of carbonyl (C=O) groups is 1. The number of hydrogen-bond acceptors (Lipinski definition) is 5. The average molecular weight is 394 g/mol. The van der Waals surface area contributed by atoms with Gasteiger partial charge >= 0.3 is 0 Å². The van der Waals surface area contributed by atoms with E-state index >= 15 is 0 Å². The van der Waals surface area contributed by atoms with Crippen molar-refractivity contribution in [1.29, 1.82) is 0 Å². The van der Waals surface area contributed by atoms with Gasteiger partial charge in [0, 0.05) is 0 Å². The molecule has 2 N–H and O–H groups in total. The van der Waals surface area contributed by atoms with Crippen molar-refractivity contribution >= 4 is 23.2 Å². The number of nitrogens with one attached hydrogen (secondary N) is 2. The molecule has 0 aliphatic rings. The number of benzene rings is 1. The number of anilines is 1. The summed E-state index contributed by atoms with van der Waals surface area (Å²) in [5, 5.41) is 10.8. The molecule has 1 unspecified atom stereocenters. The normalized spacial score (nSPS) is 12.1. The van der Waals surface area contributed by atoms with Gasteiger partial charge in [-0.15, -0.1) is 10.2 Å². The van der Waals surface area contributed by atoms with Crippen molar-refractivity contribution in [3.8, 4) is 11.7 Å². The summed E-state index contributed by atoms with van der Waals surface area (Å²) in [5.41, 5.74) is 0.372. The number of furan rings is 1. The van der Waals surface area contributed by atoms with Crippen LogP contribution < -0.4 is 10.2 Å². The monoisotopic (exact) mass is 393 g/mol. The molecule has 0 fully saturated rings. The smallest absolute Gasteiger partial charge is 0.283 e. The first kappa shape index (κ1) is 19.1. The first-order valence-corrected chi connectivity index (χ1v) is 8.87. The third kappa shape index (κ3) is 5.15. The van der Waals surface area contributed by atoms with Crippen molar-refractivity contribution in [2.75, 3.05) is 18.4 Å². The number of nitrogens with zero attached hydrogens (tertiary/aromatic N) is 2. The molecule has 3 rings (SSSR count). The van der Waals surface area contributed by atoms with Crippen LogP contribution in [0, 0.1) is 5.82 Å². The van der Waals surface area contributed by atoms with Crippen LogP contribution in [0.2, 0.25) is 5.02 Å². The predicted molar refractivity (Wildman–Crippen MR) is 96.7 cm³/mol. The second-order valence-corrected chi connectivity index (χ2v) is 6.41. The van der Waals surface area contributed by atoms with Crippen LogP contribution in [0.4, 0.5) is 10.1 Å². The fraction of sp³-hybridized carbons (Fsp3) is 0.278. The third-order valence-electron chi connectivity index (χ3n) is 3.82. The molecule has 0 aliphatic carbocycles. The molecule has 0 bridgehead atoms. The molecule has 1 aromatic carbocycles. The van der Waals surface area contributed by atoms with Gasteiger partial charge < -0.3 is 19.1 Å². The highest BCUT2D eigenvalue weighted by atomic mass is 35.5. The zero-order valence-electron chi connectivity index (χ0n) is 14.7. The van der Waals surface area contributed by atoms with E-state index in [0.29, 0.717) is 29.8 Å². The fourth-order valence-corrected chi connectivity index (χ4v) is 2.86. The molecule has 0 aliphatic heterocycles. The van der Waals surface area contributed by atoms with Crippen LogP contribution >= 0.6 is 11.6 Å². The van der Waals surface area contributed by atoms with Crippen molar-refractivity contribution in [2.24, 2.45) is 0 Å². The lowest BCUT2D eigenvalue weighted by Gasteiger charge is -2.16. The van der Waals surface area contributed by atoms with E-state index in [1.165, 1.54) is 18.4 Å². The lowest BCUT2D eigenvalue weighted by molar-refractivity contribution is -0.907. The van der Waals surface area contributed by atoms with Crippen LogP contribution in [-0.4, -0.2) is 29.2 Å². The van der Waals surface area contributed by atoms with Gasteiger partial charge in [0.25, 0.3) is 17.7 Å². The second-order valence-electron chi connectivity index (χ2n) is 6.00. The molecule has 0 radical (unpaired) electrons. The summed E-state index contributed by atoms with van der Waals surface area (Å²) in [6.45, 7) is 3.34. The Morgan fingerprint density at radius 2 is 2.19 bits per heavy atom. The number of aromatic nitrogens is 2. The Labute approximate surface area is 160 Å². The summed E-state index contributed by atoms with van der Waals surface area (Å²) in [5.74, 6) is 0.512. The van der Waals surface area contributed by atoms with Crippen molar-refractivity contribution < 1.29 is 22.9 Å². The third-order valence-corrected chi connectivity index (χ3v) is 4.13. The molecule has 1 atom stereocenters. The topological polar surface area (TPSA) is 85.6 Å². The standard InChI is InChI=1S/C18H18ClFN4O3/c1-2-7-24(10-16(25)21-14-6-5-12(20)9-13(14)19)11-17-22-23-18(27-17)15-4-3-8-26-15/h3-6,8-9H,2,7,10-11H2,1H3,(H,21,25)/p+1. The molecule has 2 aromatic heterocycles. The summed E-state index contributed by atoms with van der Waals surface area (Å²) in [7, 11) is 0. The Bertz CT molecular complexity index is 898. The fourth-order valence-electron chi connectivity index (χ4n) is 2.64. The number of carbonyl (C=O) groups excluding carboxylic acids is 1. The van der Waals surface area contributed by atoms with Crippen LogP contribution in [0.3, 0.4) is 0 Å². The molecule has 9 heteroatoms. The molecule has 27 heavy (non-hydrogen) atoms. The minimum atomic E-state index is -0.458. The van der Waals surface area contributed by atoms with Gasteiger partial charge in [-0.1, -0.05) is 18.5 Å². The van der Waals surface area contributed by atoms with Gasteiger partial charge in [-0.3, -0.25) is 4.79 Å². The van der Waals surface area contributed by atoms with Crippen LogP contribution in [0.25, 0.3) is 11.7 Å². The van der Waals surface area contributed by atoms with Crippen molar-refractivity contribution in [3.63, 3.8) is 0 Å². The SMILES string of the molecule is CCC[NH+](CC(=O)Nc1ccc(F)cc1Cl)Cc1nnc(-c2ccco2)o1. The maximum atomic E-state index is 13.1. The van der Waals surface area contributed by atoms with Gasteiger partial charge in [0.2, 0.25) is 0 Å². The summed E-state index contributed by atoms with van der Waals surface area (Å²) in [6.07, 6.45) is 2.40. The molecule has 0 saturated carbocycles. The molecular weight excluding hydrogens is 375 g/mol. The van der Waals surface area contributed by atoms with Gasteiger partial charge in [0.15, 0.2) is 18.8 Å². The Morgan fingerprint density at radius 3 is 2.89 bits per heavy atom. The molecule has 2 heterocycles. The van der Waals surface area contributed by atoms with E-state index in [4.69, 9.17) is 20.4 Å². The second kappa shape index (κ2) is 8.79. The quantitative estimate of drug-likeness (QED) is 0.614. The van der Waals surface area contributed by atoms with E-state index < -0.39 is 5.82 Å². The lowest BCUT2D eigenvalue weighted by Crippen LogP contribution is -3.11. The maximum absolute atomic E-state index is 13.1. The highest BCUT2D eigenvalue weighted by molar-refractivity contribution is 6.33. The largest absolute Gasteiger partial charge is 0.459 e. The zero-order valence-corrected chi connectivity index (χ0v) is 15.4. The lowest BCUT2D eigenvalue weighted by atomic mass is 10.3. The van der Waals surface area contributed by atoms with Gasteiger partial charge in [0.1, 0.15) is 5.82 Å². The molecule has 7 nitrogen and oxygen atoms in total. The zero-order chi connectivity index (χ0) is 19.2. The number of rotatable bonds is 8. The summed E-state index contributed by atoms with van der Waals surface area (Å²) in [4.78, 5) is 13.3. The van der Waals surface area contributed by atoms with Crippen molar-refractivity contribution in [3.05, 3.63) is 53.3 Å². The molecule has 3 aromatic rings. The number of amides is 1. The number of hydrogen-bond donors (Lipinski definition) is 2. The van der Waals surface area contributed by atoms with E-state index in [2.05, 4.69) is 15.5 Å². The summed E-state index contributed by atoms with van der Waals surface area (Å²) >= 11 is 5.95. The van der Waals surface area contributed by atoms with Crippen LogP contribution in [-0.2, 0) is 11.3 Å². The highest BCUT2D eigenvalue weighted by Crippen LogP contribution is 2.22. The molecule has 142 valence electrons. The number of quaternary nitrogens is 1. The van der Waals surface area contributed by atoms with Crippen molar-refractivity contribution in [1.82, 2.24) is 10.2 Å². The van der Waals surface area contributed by atoms with Crippen molar-refractivity contribution in [2.45, 2.75) is 19.9 Å². The Hall–Kier alpha value is -2.71. The summed E-state index contributed by atoms with van der Waals surface area (Å²) in [6, 6.07) is 7.30. The Balaban J connectivity index is 1.62. The van der Waals surface area contributed by atoms with E-state index in [0.717, 1.165) is 23.9 Å². The van der Waals surface area contributed by atoms with Crippen LogP contribution in [0.1, 0.15) is 19.2 Å². The highest BCUT2D eigenvalue weighted by Gasteiger charge is 2.19. The van der Waals surface area contributed by atoms with Gasteiger partial charge in [-0.2, -0.15) is 0 Å². The molecule has 0 spiro atoms. The minimum absolute atomic E-state index is 0.153. The van der Waals surface area contributed by atoms with Gasteiger partial charge in [0.05, 0.1) is 23.5 Å². The first-order valence-electron chi connectivity index (χ1n) is 8.50.